The second-order valence-electron chi connectivity index (χ2n) is 14.5. The summed E-state index contributed by atoms with van der Waals surface area (Å²) in [6.07, 6.45) is 11.3. The molecule has 4 heteroatoms. The second-order valence-corrected chi connectivity index (χ2v) is 14.5. The highest BCUT2D eigenvalue weighted by atomic mass is 19.1. The van der Waals surface area contributed by atoms with Crippen LogP contribution in [0.4, 0.5) is 21.5 Å². The Labute approximate surface area is 328 Å². The fourth-order valence-electron chi connectivity index (χ4n) is 8.74. The van der Waals surface area contributed by atoms with Crippen LogP contribution < -0.4 is 37.7 Å². The van der Waals surface area contributed by atoms with E-state index in [9.17, 15) is 4.39 Å². The molecule has 0 amide bonds. The summed E-state index contributed by atoms with van der Waals surface area (Å²) in [5.74, 6) is 5.19. The third kappa shape index (κ3) is 5.55. The van der Waals surface area contributed by atoms with Gasteiger partial charge in [0.15, 0.2) is 0 Å². The zero-order valence-corrected chi connectivity index (χ0v) is 30.5. The summed E-state index contributed by atoms with van der Waals surface area (Å²) in [5.41, 5.74) is 19.1. The van der Waals surface area contributed by atoms with Gasteiger partial charge in [-0.2, -0.15) is 0 Å². The lowest BCUT2D eigenvalue weighted by atomic mass is 9.30. The molecule has 0 unspecified atom stereocenters. The van der Waals surface area contributed by atoms with Crippen molar-refractivity contribution in [2.24, 2.45) is 0 Å². The van der Waals surface area contributed by atoms with Gasteiger partial charge in [0.1, 0.15) is 5.82 Å². The number of halogens is 1. The molecule has 8 aromatic carbocycles. The van der Waals surface area contributed by atoms with Crippen LogP contribution in [0.3, 0.4) is 0 Å². The largest absolute Gasteiger partial charge is 0.313 e. The highest BCUT2D eigenvalue weighted by Gasteiger charge is 2.43. The summed E-state index contributed by atoms with van der Waals surface area (Å²) in [7, 11) is 0. The maximum atomic E-state index is 14.3. The van der Waals surface area contributed by atoms with E-state index < -0.39 is 0 Å². The quantitative estimate of drug-likeness (QED) is 0.130. The first-order chi connectivity index (χ1) is 27.6. The summed E-state index contributed by atoms with van der Waals surface area (Å²) in [6.45, 7) is -0.0949. The standard InChI is InChI=1S/C52H32B2FN/c1-3-35-13-17-37(18-14-35)39-21-27-43(28-22-39)53-46-9-5-7-11-50(46)56-51-12-8-6-10-47(51)54(44-29-23-40(24-30-44)38-19-15-36(4-2)16-20-38)49-34-42(33-48(53)52(49)56)41-25-31-45(55)32-26-41/h1-2,5-34H. The second kappa shape index (κ2) is 13.5. The van der Waals surface area contributed by atoms with Gasteiger partial charge < -0.3 is 4.90 Å². The van der Waals surface area contributed by atoms with Crippen LogP contribution in [0.5, 0.6) is 0 Å². The van der Waals surface area contributed by atoms with Crippen molar-refractivity contribution in [3.63, 3.8) is 0 Å². The number of anilines is 3. The molecule has 0 aliphatic carbocycles. The van der Waals surface area contributed by atoms with Crippen LogP contribution in [-0.4, -0.2) is 13.4 Å². The van der Waals surface area contributed by atoms with E-state index in [-0.39, 0.29) is 19.2 Å². The number of hydrogen-bond donors (Lipinski definition) is 0. The number of rotatable bonds is 5. The molecular weight excluding hydrogens is 679 g/mol. The fraction of sp³-hybridized carbons (Fsp3) is 0. The van der Waals surface area contributed by atoms with Gasteiger partial charge in [-0.3, -0.25) is 0 Å². The molecule has 0 saturated heterocycles. The van der Waals surface area contributed by atoms with Crippen LogP contribution in [-0.2, 0) is 0 Å². The van der Waals surface area contributed by atoms with Crippen LogP contribution in [0, 0.1) is 30.5 Å². The summed E-state index contributed by atoms with van der Waals surface area (Å²) >= 11 is 0. The van der Waals surface area contributed by atoms with Crippen LogP contribution in [0.15, 0.2) is 182 Å². The molecule has 1 nitrogen and oxygen atoms in total. The first-order valence-electron chi connectivity index (χ1n) is 18.8. The molecule has 10 rings (SSSR count). The van der Waals surface area contributed by atoms with E-state index in [2.05, 4.69) is 150 Å². The van der Waals surface area contributed by atoms with Gasteiger partial charge in [0, 0.05) is 28.2 Å². The van der Waals surface area contributed by atoms with Gasteiger partial charge in [-0.1, -0.05) is 156 Å². The molecule has 258 valence electrons. The highest BCUT2D eigenvalue weighted by Crippen LogP contribution is 2.38. The molecule has 0 N–H and O–H groups in total. The number of terminal acetylenes is 2. The number of para-hydroxylation sites is 2. The van der Waals surface area contributed by atoms with Crippen LogP contribution >= 0.6 is 0 Å². The van der Waals surface area contributed by atoms with Gasteiger partial charge in [0.25, 0.3) is 0 Å². The summed E-state index contributed by atoms with van der Waals surface area (Å²) in [6, 6.07) is 63.3. The van der Waals surface area contributed by atoms with Crippen molar-refractivity contribution < 1.29 is 4.39 Å². The fourth-order valence-corrected chi connectivity index (χ4v) is 8.74. The van der Waals surface area contributed by atoms with Crippen LogP contribution in [0.1, 0.15) is 11.1 Å². The monoisotopic (exact) mass is 711 g/mol. The van der Waals surface area contributed by atoms with E-state index in [1.165, 1.54) is 49.8 Å². The molecular formula is C52H32B2FN. The first kappa shape index (κ1) is 33.3. The van der Waals surface area contributed by atoms with Crippen LogP contribution in [0.25, 0.3) is 33.4 Å². The lowest BCUT2D eigenvalue weighted by molar-refractivity contribution is 0.628. The number of nitrogens with zero attached hydrogens (tertiary/aromatic N) is 1. The Hall–Kier alpha value is -7.26. The Morgan fingerprint density at radius 3 is 1.16 bits per heavy atom. The minimum Gasteiger partial charge on any atom is -0.313 e. The molecule has 0 atom stereocenters. The van der Waals surface area contributed by atoms with Crippen molar-refractivity contribution in [3.8, 4) is 58.1 Å². The number of fused-ring (bicyclic) bond motifs is 4. The van der Waals surface area contributed by atoms with Crippen molar-refractivity contribution >= 4 is 63.3 Å². The maximum Gasteiger partial charge on any atom is 0.246 e. The van der Waals surface area contributed by atoms with Crippen molar-refractivity contribution in [2.45, 2.75) is 0 Å². The smallest absolute Gasteiger partial charge is 0.246 e. The number of benzene rings is 8. The molecule has 0 bridgehead atoms. The van der Waals surface area contributed by atoms with E-state index in [4.69, 9.17) is 12.8 Å². The zero-order chi connectivity index (χ0) is 37.8. The maximum absolute atomic E-state index is 14.3. The van der Waals surface area contributed by atoms with E-state index in [1.54, 1.807) is 12.1 Å². The minimum absolute atomic E-state index is 0.0475. The summed E-state index contributed by atoms with van der Waals surface area (Å²) < 4.78 is 14.3. The van der Waals surface area contributed by atoms with E-state index in [0.717, 1.165) is 44.5 Å². The van der Waals surface area contributed by atoms with Gasteiger partial charge in [0.05, 0.1) is 0 Å². The molecule has 2 aliphatic rings. The third-order valence-electron chi connectivity index (χ3n) is 11.4. The van der Waals surface area contributed by atoms with Gasteiger partial charge in [0.2, 0.25) is 13.4 Å². The summed E-state index contributed by atoms with van der Waals surface area (Å²) in [4.78, 5) is 2.47. The Morgan fingerprint density at radius 1 is 0.393 bits per heavy atom. The van der Waals surface area contributed by atoms with E-state index in [0.29, 0.717) is 0 Å². The predicted octanol–water partition coefficient (Wildman–Crippen LogP) is 7.92. The SMILES string of the molecule is C#Cc1ccc(-c2ccc(B3c4ccccc4N4c5ccccc5B(c5ccc(-c6ccc(C#C)cc6)cc5)c5cc(-c6ccc(F)cc6)cc3c54)cc2)cc1. The molecule has 0 fully saturated rings. The van der Waals surface area contributed by atoms with Crippen molar-refractivity contribution in [1.29, 1.82) is 0 Å². The lowest BCUT2D eigenvalue weighted by Gasteiger charge is -2.44. The minimum atomic E-state index is -0.249. The summed E-state index contributed by atoms with van der Waals surface area (Å²) in [5, 5.41) is 0. The van der Waals surface area contributed by atoms with Gasteiger partial charge in [-0.05, 0) is 104 Å². The molecule has 2 heterocycles. The van der Waals surface area contributed by atoms with Gasteiger partial charge in [-0.25, -0.2) is 4.39 Å². The topological polar surface area (TPSA) is 3.24 Å². The van der Waals surface area contributed by atoms with Crippen molar-refractivity contribution in [2.75, 3.05) is 4.90 Å². The normalized spacial score (nSPS) is 12.2. The average molecular weight is 711 g/mol. The zero-order valence-electron chi connectivity index (χ0n) is 30.5. The molecule has 0 aromatic heterocycles. The Morgan fingerprint density at radius 2 is 0.750 bits per heavy atom. The Kier molecular flexibility index (Phi) is 8.06. The lowest BCUT2D eigenvalue weighted by Crippen LogP contribution is -2.65. The van der Waals surface area contributed by atoms with Crippen molar-refractivity contribution in [3.05, 3.63) is 199 Å². The van der Waals surface area contributed by atoms with Gasteiger partial charge in [-0.15, -0.1) is 12.8 Å². The van der Waals surface area contributed by atoms with Crippen molar-refractivity contribution in [1.82, 2.24) is 0 Å². The molecule has 8 aromatic rings. The molecule has 0 spiro atoms. The molecule has 0 radical (unpaired) electrons. The number of hydrogen-bond acceptors (Lipinski definition) is 1. The predicted molar refractivity (Wildman–Crippen MR) is 235 cm³/mol. The molecule has 0 saturated carbocycles. The Balaban J connectivity index is 1.19. The Bertz CT molecular complexity index is 2690. The molecule has 56 heavy (non-hydrogen) atoms. The third-order valence-corrected chi connectivity index (χ3v) is 11.4. The van der Waals surface area contributed by atoms with Gasteiger partial charge >= 0.3 is 0 Å². The molecule has 2 aliphatic heterocycles. The highest BCUT2D eigenvalue weighted by molar-refractivity contribution is 7.02. The first-order valence-corrected chi connectivity index (χ1v) is 18.8. The van der Waals surface area contributed by atoms with E-state index >= 15 is 0 Å². The van der Waals surface area contributed by atoms with Crippen LogP contribution in [0.2, 0.25) is 0 Å². The van der Waals surface area contributed by atoms with E-state index in [1.807, 2.05) is 36.4 Å². The average Bonchev–Trinajstić information content (AvgIpc) is 3.26.